The van der Waals surface area contributed by atoms with Crippen molar-refractivity contribution in [2.45, 2.75) is 49.8 Å². The van der Waals surface area contributed by atoms with Gasteiger partial charge in [-0.1, -0.05) is 53.7 Å². The quantitative estimate of drug-likeness (QED) is 0.649. The third-order valence-electron chi connectivity index (χ3n) is 4.10. The van der Waals surface area contributed by atoms with Gasteiger partial charge in [-0.25, -0.2) is 4.98 Å². The maximum atomic E-state index is 4.72. The number of thiazole rings is 1. The zero-order valence-electron chi connectivity index (χ0n) is 11.1. The maximum Gasteiger partial charge on any atom is 0.0949 e. The highest BCUT2D eigenvalue weighted by Crippen LogP contribution is 2.31. The summed E-state index contributed by atoms with van der Waals surface area (Å²) in [7, 11) is 0. The van der Waals surface area contributed by atoms with Gasteiger partial charge in [0.05, 0.1) is 15.2 Å². The summed E-state index contributed by atoms with van der Waals surface area (Å²) in [6, 6.07) is 8.43. The van der Waals surface area contributed by atoms with Crippen molar-refractivity contribution in [2.75, 3.05) is 0 Å². The molecule has 0 radical (unpaired) electrons. The van der Waals surface area contributed by atoms with Gasteiger partial charge in [-0.05, 0) is 30.9 Å². The minimum Gasteiger partial charge on any atom is -0.241 e. The summed E-state index contributed by atoms with van der Waals surface area (Å²) >= 11 is 5.69. The van der Waals surface area contributed by atoms with E-state index in [4.69, 9.17) is 4.98 Å². The van der Waals surface area contributed by atoms with Gasteiger partial charge in [-0.3, -0.25) is 0 Å². The second-order valence-electron chi connectivity index (χ2n) is 5.60. The highest BCUT2D eigenvalue weighted by atomic mass is 79.9. The van der Waals surface area contributed by atoms with E-state index in [0.717, 1.165) is 17.9 Å². The van der Waals surface area contributed by atoms with Gasteiger partial charge in [0.15, 0.2) is 0 Å². The Morgan fingerprint density at radius 1 is 1.26 bits per heavy atom. The van der Waals surface area contributed by atoms with Crippen LogP contribution in [0.4, 0.5) is 0 Å². The number of alkyl halides is 1. The summed E-state index contributed by atoms with van der Waals surface area (Å²) in [6.07, 6.45) is 9.58. The topological polar surface area (TPSA) is 12.9 Å². The van der Waals surface area contributed by atoms with E-state index in [1.165, 1.54) is 48.2 Å². The number of benzene rings is 1. The lowest BCUT2D eigenvalue weighted by atomic mass is 10.00. The Hall–Kier alpha value is -0.410. The molecule has 0 N–H and O–H groups in total. The molecule has 1 aromatic heterocycles. The molecular formula is C16H20BrNS. The molecule has 1 saturated carbocycles. The second kappa shape index (κ2) is 6.36. The summed E-state index contributed by atoms with van der Waals surface area (Å²) < 4.78 is 1.31. The molecule has 3 rings (SSSR count). The van der Waals surface area contributed by atoms with Gasteiger partial charge in [0, 0.05) is 11.2 Å². The molecule has 1 atom stereocenters. The molecule has 0 amide bonds. The normalized spacial score (nSPS) is 18.2. The van der Waals surface area contributed by atoms with Crippen LogP contribution in [0, 0.1) is 5.92 Å². The molecule has 0 aliphatic heterocycles. The largest absolute Gasteiger partial charge is 0.241 e. The Bertz CT molecular complexity index is 497. The number of hydrogen-bond donors (Lipinski definition) is 0. The number of aromatic nitrogens is 1. The minimum atomic E-state index is 0.591. The van der Waals surface area contributed by atoms with Crippen LogP contribution in [0.3, 0.4) is 0 Å². The molecule has 102 valence electrons. The number of halogens is 1. The van der Waals surface area contributed by atoms with E-state index in [9.17, 15) is 0 Å². The Kier molecular flexibility index (Phi) is 4.54. The lowest BCUT2D eigenvalue weighted by Gasteiger charge is -2.12. The molecule has 2 aromatic rings. The monoisotopic (exact) mass is 337 g/mol. The zero-order valence-corrected chi connectivity index (χ0v) is 13.5. The summed E-state index contributed by atoms with van der Waals surface area (Å²) in [5.74, 6) is 0.996. The van der Waals surface area contributed by atoms with E-state index in [0.29, 0.717) is 4.83 Å². The number of nitrogens with zero attached hydrogens (tertiary/aromatic N) is 1. The first-order valence-corrected chi connectivity index (χ1v) is 9.03. The Morgan fingerprint density at radius 3 is 2.84 bits per heavy atom. The van der Waals surface area contributed by atoms with Crippen LogP contribution in [0.2, 0.25) is 0 Å². The van der Waals surface area contributed by atoms with Crippen molar-refractivity contribution in [3.05, 3.63) is 29.3 Å². The molecule has 1 fully saturated rings. The Balaban J connectivity index is 1.54. The van der Waals surface area contributed by atoms with Crippen LogP contribution in [0.5, 0.6) is 0 Å². The Morgan fingerprint density at radius 2 is 2.05 bits per heavy atom. The van der Waals surface area contributed by atoms with Crippen molar-refractivity contribution in [1.82, 2.24) is 4.98 Å². The molecule has 1 aromatic carbocycles. The van der Waals surface area contributed by atoms with E-state index in [1.807, 2.05) is 11.3 Å². The number of hydrogen-bond acceptors (Lipinski definition) is 2. The molecule has 1 nitrogen and oxygen atoms in total. The van der Waals surface area contributed by atoms with Crippen molar-refractivity contribution in [2.24, 2.45) is 5.92 Å². The van der Waals surface area contributed by atoms with E-state index in [2.05, 4.69) is 40.2 Å². The minimum absolute atomic E-state index is 0.591. The van der Waals surface area contributed by atoms with Crippen molar-refractivity contribution < 1.29 is 0 Å². The van der Waals surface area contributed by atoms with Crippen LogP contribution in [-0.4, -0.2) is 9.81 Å². The fourth-order valence-corrected chi connectivity index (χ4v) is 4.85. The van der Waals surface area contributed by atoms with Gasteiger partial charge in [0.2, 0.25) is 0 Å². The lowest BCUT2D eigenvalue weighted by Crippen LogP contribution is -2.05. The summed E-state index contributed by atoms with van der Waals surface area (Å²) in [4.78, 5) is 5.31. The first-order chi connectivity index (χ1) is 9.31. The van der Waals surface area contributed by atoms with Crippen LogP contribution in [-0.2, 0) is 6.42 Å². The molecule has 1 heterocycles. The second-order valence-corrected chi connectivity index (χ2v) is 8.01. The zero-order chi connectivity index (χ0) is 13.1. The third kappa shape index (κ3) is 3.57. The fraction of sp³-hybridized carbons (Fsp3) is 0.562. The molecule has 0 bridgehead atoms. The summed E-state index contributed by atoms with van der Waals surface area (Å²) in [5.41, 5.74) is 1.15. The van der Waals surface area contributed by atoms with Crippen LogP contribution in [0.1, 0.15) is 43.5 Å². The molecule has 3 heteroatoms. The number of rotatable bonds is 5. The smallest absolute Gasteiger partial charge is 0.0949 e. The fourth-order valence-electron chi connectivity index (χ4n) is 3.01. The third-order valence-corrected chi connectivity index (χ3v) is 5.94. The average molecular weight is 338 g/mol. The van der Waals surface area contributed by atoms with Crippen LogP contribution in [0.25, 0.3) is 10.2 Å². The van der Waals surface area contributed by atoms with Crippen LogP contribution in [0.15, 0.2) is 24.3 Å². The van der Waals surface area contributed by atoms with Crippen LogP contribution >= 0.6 is 27.3 Å². The highest BCUT2D eigenvalue weighted by Gasteiger charge is 2.17. The van der Waals surface area contributed by atoms with Gasteiger partial charge >= 0.3 is 0 Å². The highest BCUT2D eigenvalue weighted by molar-refractivity contribution is 9.09. The van der Waals surface area contributed by atoms with Gasteiger partial charge < -0.3 is 0 Å². The average Bonchev–Trinajstić information content (AvgIpc) is 3.04. The summed E-state index contributed by atoms with van der Waals surface area (Å²) in [6.45, 7) is 0. The van der Waals surface area contributed by atoms with E-state index >= 15 is 0 Å². The predicted molar refractivity (Wildman–Crippen MR) is 87.2 cm³/mol. The van der Waals surface area contributed by atoms with Crippen molar-refractivity contribution in [3.8, 4) is 0 Å². The van der Waals surface area contributed by atoms with Gasteiger partial charge in [-0.2, -0.15) is 0 Å². The van der Waals surface area contributed by atoms with Crippen molar-refractivity contribution in [1.29, 1.82) is 0 Å². The SMILES string of the molecule is BrC(CCC1CCCC1)Cc1nc2ccccc2s1. The standard InChI is InChI=1S/C16H20BrNS/c17-13(10-9-12-5-1-2-6-12)11-16-18-14-7-3-4-8-15(14)19-16/h3-4,7-8,12-13H,1-2,5-6,9-11H2. The Labute approximate surface area is 127 Å². The molecule has 1 unspecified atom stereocenters. The van der Waals surface area contributed by atoms with E-state index < -0.39 is 0 Å². The van der Waals surface area contributed by atoms with E-state index in [-0.39, 0.29) is 0 Å². The maximum absolute atomic E-state index is 4.72. The first-order valence-electron chi connectivity index (χ1n) is 7.30. The number of fused-ring (bicyclic) bond motifs is 1. The molecule has 1 aliphatic rings. The predicted octanol–water partition coefficient (Wildman–Crippen LogP) is 5.57. The van der Waals surface area contributed by atoms with E-state index in [1.54, 1.807) is 0 Å². The molecule has 0 spiro atoms. The molecule has 1 aliphatic carbocycles. The number of para-hydroxylation sites is 1. The van der Waals surface area contributed by atoms with Gasteiger partial charge in [-0.15, -0.1) is 11.3 Å². The molecule has 0 saturated heterocycles. The molecule has 19 heavy (non-hydrogen) atoms. The van der Waals surface area contributed by atoms with Crippen molar-refractivity contribution >= 4 is 37.5 Å². The van der Waals surface area contributed by atoms with Gasteiger partial charge in [0.1, 0.15) is 0 Å². The molecular weight excluding hydrogens is 318 g/mol. The van der Waals surface area contributed by atoms with Crippen molar-refractivity contribution in [3.63, 3.8) is 0 Å². The summed E-state index contributed by atoms with van der Waals surface area (Å²) in [5, 5.41) is 1.27. The lowest BCUT2D eigenvalue weighted by molar-refractivity contribution is 0.479. The van der Waals surface area contributed by atoms with Crippen LogP contribution < -0.4 is 0 Å². The first kappa shape index (κ1) is 13.6. The van der Waals surface area contributed by atoms with Gasteiger partial charge in [0.25, 0.3) is 0 Å².